The summed E-state index contributed by atoms with van der Waals surface area (Å²) in [5.41, 5.74) is 0.119. The Bertz CT molecular complexity index is 759. The highest BCUT2D eigenvalue weighted by Crippen LogP contribution is 2.17. The quantitative estimate of drug-likeness (QED) is 0.712. The monoisotopic (exact) mass is 331 g/mol. The van der Waals surface area contributed by atoms with Gasteiger partial charge in [-0.2, -0.15) is 22.3 Å². The van der Waals surface area contributed by atoms with E-state index in [1.54, 1.807) is 6.07 Å². The second kappa shape index (κ2) is 5.66. The highest BCUT2D eigenvalue weighted by atomic mass is 32.2. The fraction of sp³-hybridized carbons (Fsp3) is 0.400. The average Bonchev–Trinajstić information content (AvgIpc) is 2.46. The molecule has 11 heteroatoms. The van der Waals surface area contributed by atoms with Gasteiger partial charge in [0.2, 0.25) is 10.0 Å². The van der Waals surface area contributed by atoms with E-state index in [-0.39, 0.29) is 36.8 Å². The number of aromatic nitrogens is 1. The van der Waals surface area contributed by atoms with Crippen molar-refractivity contribution in [3.63, 3.8) is 0 Å². The normalized spacial score (nSPS) is 18.3. The minimum absolute atomic E-state index is 0.00176. The predicted octanol–water partition coefficient (Wildman–Crippen LogP) is -1.54. The first kappa shape index (κ1) is 15.8. The topological polar surface area (TPSA) is 137 Å². The van der Waals surface area contributed by atoms with Crippen molar-refractivity contribution >= 4 is 20.2 Å². The summed E-state index contributed by atoms with van der Waals surface area (Å²) >= 11 is 0. The van der Waals surface area contributed by atoms with Gasteiger partial charge in [-0.25, -0.2) is 18.5 Å². The number of sulfonamides is 1. The van der Waals surface area contributed by atoms with Crippen molar-refractivity contribution in [2.24, 2.45) is 5.14 Å². The number of piperazine rings is 1. The summed E-state index contributed by atoms with van der Waals surface area (Å²) in [6.07, 6.45) is 1.11. The van der Waals surface area contributed by atoms with E-state index in [0.717, 1.165) is 14.8 Å². The van der Waals surface area contributed by atoms with E-state index in [2.05, 4.69) is 4.98 Å². The van der Waals surface area contributed by atoms with Gasteiger partial charge in [0, 0.05) is 32.4 Å². The number of nitrogens with zero attached hydrogens (tertiary/aromatic N) is 4. The molecule has 114 valence electrons. The van der Waals surface area contributed by atoms with E-state index in [4.69, 9.17) is 10.4 Å². The summed E-state index contributed by atoms with van der Waals surface area (Å²) in [5.74, 6) is 0. The summed E-state index contributed by atoms with van der Waals surface area (Å²) in [7, 11) is -7.56. The van der Waals surface area contributed by atoms with Crippen molar-refractivity contribution in [2.75, 3.05) is 26.2 Å². The maximum Gasteiger partial charge on any atom is 0.276 e. The van der Waals surface area contributed by atoms with Crippen molar-refractivity contribution in [1.82, 2.24) is 13.6 Å². The van der Waals surface area contributed by atoms with Crippen molar-refractivity contribution in [3.8, 4) is 6.07 Å². The van der Waals surface area contributed by atoms with Crippen LogP contribution in [0, 0.1) is 11.3 Å². The van der Waals surface area contributed by atoms with Crippen LogP contribution in [-0.4, -0.2) is 56.6 Å². The Morgan fingerprint density at radius 3 is 2.10 bits per heavy atom. The zero-order chi connectivity index (χ0) is 15.7. The van der Waals surface area contributed by atoms with Crippen LogP contribution in [0.25, 0.3) is 0 Å². The van der Waals surface area contributed by atoms with E-state index in [9.17, 15) is 16.8 Å². The number of hydrogen-bond donors (Lipinski definition) is 1. The lowest BCUT2D eigenvalue weighted by molar-refractivity contribution is 0.273. The fourth-order valence-corrected chi connectivity index (χ4v) is 3.95. The average molecular weight is 331 g/mol. The molecule has 0 radical (unpaired) electrons. The lowest BCUT2D eigenvalue weighted by atomic mass is 10.4. The Hall–Kier alpha value is -1.58. The molecular formula is C10H13N5O4S2. The first-order valence-corrected chi connectivity index (χ1v) is 8.83. The smallest absolute Gasteiger partial charge is 0.244 e. The molecule has 1 aliphatic heterocycles. The molecule has 9 nitrogen and oxygen atoms in total. The third kappa shape index (κ3) is 3.36. The van der Waals surface area contributed by atoms with Crippen molar-refractivity contribution < 1.29 is 16.8 Å². The van der Waals surface area contributed by atoms with Crippen molar-refractivity contribution in [1.29, 1.82) is 5.26 Å². The predicted molar refractivity (Wildman–Crippen MR) is 72.4 cm³/mol. The second-order valence-corrected chi connectivity index (χ2v) is 7.82. The van der Waals surface area contributed by atoms with Crippen LogP contribution < -0.4 is 5.14 Å². The van der Waals surface area contributed by atoms with E-state index in [1.165, 1.54) is 12.1 Å². The van der Waals surface area contributed by atoms with Crippen LogP contribution in [-0.2, 0) is 20.2 Å². The Labute approximate surface area is 122 Å². The van der Waals surface area contributed by atoms with Crippen molar-refractivity contribution in [3.05, 3.63) is 24.0 Å². The van der Waals surface area contributed by atoms with Gasteiger partial charge >= 0.3 is 0 Å². The Balaban J connectivity index is 2.16. The van der Waals surface area contributed by atoms with Crippen LogP contribution in [0.4, 0.5) is 0 Å². The Morgan fingerprint density at radius 1 is 1.10 bits per heavy atom. The molecule has 0 unspecified atom stereocenters. The van der Waals surface area contributed by atoms with Crippen LogP contribution in [0.5, 0.6) is 0 Å². The molecule has 0 spiro atoms. The Kier molecular flexibility index (Phi) is 4.26. The molecule has 0 amide bonds. The van der Waals surface area contributed by atoms with Gasteiger partial charge < -0.3 is 0 Å². The highest BCUT2D eigenvalue weighted by Gasteiger charge is 2.31. The molecule has 1 aromatic heterocycles. The summed E-state index contributed by atoms with van der Waals surface area (Å²) in [4.78, 5) is 3.68. The molecule has 2 rings (SSSR count). The van der Waals surface area contributed by atoms with Gasteiger partial charge in [-0.05, 0) is 12.1 Å². The lowest BCUT2D eigenvalue weighted by Gasteiger charge is -2.32. The zero-order valence-corrected chi connectivity index (χ0v) is 12.5. The van der Waals surface area contributed by atoms with E-state index >= 15 is 0 Å². The van der Waals surface area contributed by atoms with E-state index < -0.39 is 20.2 Å². The zero-order valence-electron chi connectivity index (χ0n) is 10.9. The van der Waals surface area contributed by atoms with Gasteiger partial charge in [0.15, 0.2) is 0 Å². The van der Waals surface area contributed by atoms with Gasteiger partial charge in [-0.1, -0.05) is 0 Å². The number of pyridine rings is 1. The molecule has 1 aliphatic rings. The molecule has 0 atom stereocenters. The second-order valence-electron chi connectivity index (χ2n) is 4.34. The van der Waals surface area contributed by atoms with Gasteiger partial charge in [0.25, 0.3) is 10.2 Å². The molecule has 2 heterocycles. The largest absolute Gasteiger partial charge is 0.276 e. The standard InChI is InChI=1S/C10H13N5O4S2/c11-7-9-1-2-10(8-13-9)20(16,17)14-3-5-15(6-4-14)21(12,18)19/h1-2,8H,3-6H2,(H2,12,18,19). The molecule has 1 saturated heterocycles. The van der Waals surface area contributed by atoms with Crippen LogP contribution in [0.3, 0.4) is 0 Å². The molecule has 0 saturated carbocycles. The summed E-state index contributed by atoms with van der Waals surface area (Å²) in [5, 5.41) is 13.6. The highest BCUT2D eigenvalue weighted by molar-refractivity contribution is 7.89. The summed E-state index contributed by atoms with van der Waals surface area (Å²) < 4.78 is 49.2. The van der Waals surface area contributed by atoms with Gasteiger partial charge in [-0.15, -0.1) is 0 Å². The van der Waals surface area contributed by atoms with E-state index in [0.29, 0.717) is 0 Å². The van der Waals surface area contributed by atoms with Gasteiger partial charge in [0.05, 0.1) is 0 Å². The third-order valence-corrected chi connectivity index (χ3v) is 6.01. The van der Waals surface area contributed by atoms with Crippen molar-refractivity contribution in [2.45, 2.75) is 4.90 Å². The molecule has 2 N–H and O–H groups in total. The molecule has 1 aromatic rings. The van der Waals surface area contributed by atoms with Crippen LogP contribution in [0.15, 0.2) is 23.2 Å². The SMILES string of the molecule is N#Cc1ccc(S(=O)(=O)N2CCN(S(N)(=O)=O)CC2)cn1. The molecule has 0 bridgehead atoms. The molecule has 0 aliphatic carbocycles. The number of hydrogen-bond acceptors (Lipinski definition) is 6. The maximum atomic E-state index is 12.3. The minimum Gasteiger partial charge on any atom is -0.244 e. The molecule has 1 fully saturated rings. The van der Waals surface area contributed by atoms with Gasteiger partial charge in [0.1, 0.15) is 16.7 Å². The molecular weight excluding hydrogens is 318 g/mol. The first-order chi connectivity index (χ1) is 9.75. The summed E-state index contributed by atoms with van der Waals surface area (Å²) in [6, 6.07) is 4.41. The fourth-order valence-electron chi connectivity index (χ4n) is 1.91. The third-order valence-electron chi connectivity index (χ3n) is 3.05. The number of nitriles is 1. The molecule has 21 heavy (non-hydrogen) atoms. The van der Waals surface area contributed by atoms with E-state index in [1.807, 2.05) is 0 Å². The van der Waals surface area contributed by atoms with Gasteiger partial charge in [-0.3, -0.25) is 0 Å². The lowest BCUT2D eigenvalue weighted by Crippen LogP contribution is -2.52. The maximum absolute atomic E-state index is 12.3. The number of rotatable bonds is 3. The van der Waals surface area contributed by atoms with Crippen LogP contribution >= 0.6 is 0 Å². The van der Waals surface area contributed by atoms with Crippen LogP contribution in [0.1, 0.15) is 5.69 Å². The minimum atomic E-state index is -3.80. The Morgan fingerprint density at radius 2 is 1.67 bits per heavy atom. The first-order valence-electron chi connectivity index (χ1n) is 5.89. The summed E-state index contributed by atoms with van der Waals surface area (Å²) in [6.45, 7) is 0.0288. The van der Waals surface area contributed by atoms with Crippen LogP contribution in [0.2, 0.25) is 0 Å². The molecule has 0 aromatic carbocycles. The number of nitrogens with two attached hydrogens (primary N) is 1.